The van der Waals surface area contributed by atoms with Crippen LogP contribution in [0.25, 0.3) is 0 Å². The van der Waals surface area contributed by atoms with E-state index in [1.54, 1.807) is 6.07 Å². The fraction of sp³-hybridized carbons (Fsp3) is 0.417. The number of hydrogen-bond acceptors (Lipinski definition) is 5. The van der Waals surface area contributed by atoms with Gasteiger partial charge < -0.3 is 25.2 Å². The van der Waals surface area contributed by atoms with Crippen molar-refractivity contribution >= 4 is 5.84 Å². The summed E-state index contributed by atoms with van der Waals surface area (Å²) in [6.07, 6.45) is 0.180. The lowest BCUT2D eigenvalue weighted by molar-refractivity contribution is -0.135. The summed E-state index contributed by atoms with van der Waals surface area (Å²) in [6, 6.07) is 5.41. The zero-order chi connectivity index (χ0) is 13.0. The maximum atomic E-state index is 8.66. The van der Waals surface area contributed by atoms with Gasteiger partial charge in [0.2, 0.25) is 0 Å². The summed E-state index contributed by atoms with van der Waals surface area (Å²) in [6.45, 7) is 1.79. The number of rotatable bonds is 5. The molecule has 18 heavy (non-hydrogen) atoms. The van der Waals surface area contributed by atoms with Crippen LogP contribution >= 0.6 is 0 Å². The highest BCUT2D eigenvalue weighted by atomic mass is 16.6. The number of methoxy groups -OCH3 is 1. The number of nitrogens with two attached hydrogens (primary N) is 1. The molecule has 1 aromatic carbocycles. The third kappa shape index (κ3) is 2.72. The normalized spacial score (nSPS) is 16.4. The van der Waals surface area contributed by atoms with Crippen LogP contribution in [-0.2, 0) is 16.1 Å². The Bertz CT molecular complexity index is 444. The van der Waals surface area contributed by atoms with Crippen LogP contribution in [0.5, 0.6) is 5.75 Å². The molecule has 0 aliphatic carbocycles. The first kappa shape index (κ1) is 12.7. The van der Waals surface area contributed by atoms with Crippen molar-refractivity contribution in [2.45, 2.75) is 12.7 Å². The zero-order valence-electron chi connectivity index (χ0n) is 10.1. The molecule has 1 fully saturated rings. The van der Waals surface area contributed by atoms with Crippen LogP contribution in [0.2, 0.25) is 0 Å². The van der Waals surface area contributed by atoms with E-state index >= 15 is 0 Å². The molecule has 0 atom stereocenters. The van der Waals surface area contributed by atoms with Gasteiger partial charge >= 0.3 is 0 Å². The minimum absolute atomic E-state index is 0.0201. The first-order chi connectivity index (χ1) is 8.74. The summed E-state index contributed by atoms with van der Waals surface area (Å²) in [5, 5.41) is 11.6. The lowest BCUT2D eigenvalue weighted by atomic mass is 10.1. The van der Waals surface area contributed by atoms with Gasteiger partial charge in [0.1, 0.15) is 11.9 Å². The summed E-state index contributed by atoms with van der Waals surface area (Å²) in [5.41, 5.74) is 7.06. The maximum Gasteiger partial charge on any atom is 0.173 e. The number of ether oxygens (including phenoxy) is 3. The summed E-state index contributed by atoms with van der Waals surface area (Å²) in [7, 11) is 1.54. The largest absolute Gasteiger partial charge is 0.496 e. The molecule has 6 heteroatoms. The molecular weight excluding hydrogens is 236 g/mol. The fourth-order valence-electron chi connectivity index (χ4n) is 1.62. The smallest absolute Gasteiger partial charge is 0.173 e. The predicted octanol–water partition coefficient (Wildman–Crippen LogP) is 0.705. The van der Waals surface area contributed by atoms with Crippen molar-refractivity contribution in [1.29, 1.82) is 0 Å². The highest BCUT2D eigenvalue weighted by molar-refractivity contribution is 5.99. The van der Waals surface area contributed by atoms with Crippen molar-refractivity contribution < 1.29 is 19.4 Å². The Hall–Kier alpha value is -1.79. The molecule has 1 aromatic rings. The summed E-state index contributed by atoms with van der Waals surface area (Å²) in [4.78, 5) is 0. The number of nitrogens with zero attached hydrogens (tertiary/aromatic N) is 1. The second-order valence-corrected chi connectivity index (χ2v) is 3.99. The van der Waals surface area contributed by atoms with E-state index in [0.717, 1.165) is 5.56 Å². The van der Waals surface area contributed by atoms with Gasteiger partial charge in [-0.15, -0.1) is 0 Å². The van der Waals surface area contributed by atoms with Crippen LogP contribution in [0.1, 0.15) is 11.1 Å². The van der Waals surface area contributed by atoms with Gasteiger partial charge in [-0.3, -0.25) is 0 Å². The van der Waals surface area contributed by atoms with E-state index < -0.39 is 0 Å². The fourth-order valence-corrected chi connectivity index (χ4v) is 1.62. The van der Waals surface area contributed by atoms with Gasteiger partial charge in [0.25, 0.3) is 0 Å². The quantitative estimate of drug-likeness (QED) is 0.349. The zero-order valence-corrected chi connectivity index (χ0v) is 10.1. The van der Waals surface area contributed by atoms with Crippen molar-refractivity contribution in [1.82, 2.24) is 0 Å². The molecule has 6 nitrogen and oxygen atoms in total. The molecular formula is C12H16N2O4. The minimum atomic E-state index is 0.0201. The van der Waals surface area contributed by atoms with E-state index in [1.807, 2.05) is 12.1 Å². The Labute approximate surface area is 105 Å². The average Bonchev–Trinajstić information content (AvgIpc) is 2.35. The van der Waals surface area contributed by atoms with Crippen LogP contribution in [0.4, 0.5) is 0 Å². The van der Waals surface area contributed by atoms with Crippen molar-refractivity contribution in [2.24, 2.45) is 10.9 Å². The van der Waals surface area contributed by atoms with E-state index in [2.05, 4.69) is 5.16 Å². The molecule has 1 saturated heterocycles. The van der Waals surface area contributed by atoms with E-state index in [0.29, 0.717) is 31.1 Å². The number of oxime groups is 1. The second-order valence-electron chi connectivity index (χ2n) is 3.99. The van der Waals surface area contributed by atoms with Gasteiger partial charge in [-0.1, -0.05) is 11.2 Å². The van der Waals surface area contributed by atoms with Gasteiger partial charge in [-0.2, -0.15) is 0 Å². The Balaban J connectivity index is 2.08. The Morgan fingerprint density at radius 1 is 1.56 bits per heavy atom. The summed E-state index contributed by atoms with van der Waals surface area (Å²) >= 11 is 0. The van der Waals surface area contributed by atoms with Crippen molar-refractivity contribution in [3.8, 4) is 5.75 Å². The first-order valence-electron chi connectivity index (χ1n) is 5.58. The van der Waals surface area contributed by atoms with Crippen molar-refractivity contribution in [3.63, 3.8) is 0 Å². The SMILES string of the molecule is COc1cc(COC2COC2)ccc1/C(N)=N/O. The molecule has 0 spiro atoms. The predicted molar refractivity (Wildman–Crippen MR) is 64.9 cm³/mol. The second kappa shape index (κ2) is 5.70. The highest BCUT2D eigenvalue weighted by Gasteiger charge is 2.19. The van der Waals surface area contributed by atoms with E-state index in [4.69, 9.17) is 25.2 Å². The molecule has 0 amide bonds. The molecule has 98 valence electrons. The molecule has 0 radical (unpaired) electrons. The topological polar surface area (TPSA) is 86.3 Å². The third-order valence-electron chi connectivity index (χ3n) is 2.74. The molecule has 2 rings (SSSR count). The highest BCUT2D eigenvalue weighted by Crippen LogP contribution is 2.21. The molecule has 1 heterocycles. The maximum absolute atomic E-state index is 8.66. The summed E-state index contributed by atoms with van der Waals surface area (Å²) in [5.74, 6) is 0.572. The lowest BCUT2D eigenvalue weighted by Crippen LogP contribution is -2.35. The van der Waals surface area contributed by atoms with Gasteiger partial charge in [0.15, 0.2) is 5.84 Å². The summed E-state index contributed by atoms with van der Waals surface area (Å²) < 4.78 is 15.8. The standard InChI is InChI=1S/C12H16N2O4/c1-16-11-4-8(5-18-9-6-17-7-9)2-3-10(11)12(13)14-15/h2-4,9,15H,5-7H2,1H3,(H2,13,14). The van der Waals surface area contributed by atoms with E-state index in [-0.39, 0.29) is 11.9 Å². The monoisotopic (exact) mass is 252 g/mol. The molecule has 3 N–H and O–H groups in total. The van der Waals surface area contributed by atoms with Crippen LogP contribution in [0, 0.1) is 0 Å². The number of amidine groups is 1. The van der Waals surface area contributed by atoms with Gasteiger partial charge in [0, 0.05) is 0 Å². The van der Waals surface area contributed by atoms with Gasteiger partial charge in [-0.25, -0.2) is 0 Å². The van der Waals surface area contributed by atoms with E-state index in [9.17, 15) is 0 Å². The molecule has 0 saturated carbocycles. The van der Waals surface area contributed by atoms with Crippen molar-refractivity contribution in [3.05, 3.63) is 29.3 Å². The first-order valence-corrected chi connectivity index (χ1v) is 5.58. The lowest BCUT2D eigenvalue weighted by Gasteiger charge is -2.26. The van der Waals surface area contributed by atoms with Crippen LogP contribution in [0.3, 0.4) is 0 Å². The molecule has 1 aliphatic heterocycles. The Morgan fingerprint density at radius 3 is 2.89 bits per heavy atom. The van der Waals surface area contributed by atoms with Gasteiger partial charge in [0.05, 0.1) is 32.5 Å². The van der Waals surface area contributed by atoms with Gasteiger partial charge in [-0.05, 0) is 17.7 Å². The third-order valence-corrected chi connectivity index (χ3v) is 2.74. The molecule has 1 aliphatic rings. The Kier molecular flexibility index (Phi) is 4.01. The van der Waals surface area contributed by atoms with Crippen LogP contribution < -0.4 is 10.5 Å². The van der Waals surface area contributed by atoms with Crippen LogP contribution in [0.15, 0.2) is 23.4 Å². The molecule has 0 aromatic heterocycles. The minimum Gasteiger partial charge on any atom is -0.496 e. The average molecular weight is 252 g/mol. The molecule has 0 bridgehead atoms. The van der Waals surface area contributed by atoms with Crippen LogP contribution in [-0.4, -0.2) is 37.5 Å². The molecule has 0 unspecified atom stereocenters. The Morgan fingerprint density at radius 2 is 2.33 bits per heavy atom. The van der Waals surface area contributed by atoms with Crippen molar-refractivity contribution in [2.75, 3.05) is 20.3 Å². The number of benzene rings is 1. The van der Waals surface area contributed by atoms with E-state index in [1.165, 1.54) is 7.11 Å². The number of hydrogen-bond donors (Lipinski definition) is 2.